The van der Waals surface area contributed by atoms with Crippen LogP contribution in [0.1, 0.15) is 50.2 Å². The molecule has 0 fully saturated rings. The second-order valence-corrected chi connectivity index (χ2v) is 10.9. The van der Waals surface area contributed by atoms with Crippen molar-refractivity contribution in [1.82, 2.24) is 29.5 Å². The van der Waals surface area contributed by atoms with E-state index >= 15 is 0 Å². The molecule has 0 saturated heterocycles. The predicted molar refractivity (Wildman–Crippen MR) is 169 cm³/mol. The van der Waals surface area contributed by atoms with E-state index in [0.29, 0.717) is 46.7 Å². The van der Waals surface area contributed by atoms with Gasteiger partial charge in [0.25, 0.3) is 0 Å². The number of hydrogen-bond donors (Lipinski definition) is 1. The Balaban J connectivity index is 0.000000175. The first-order valence-electron chi connectivity index (χ1n) is 13.7. The highest BCUT2D eigenvalue weighted by Gasteiger charge is 2.15. The lowest BCUT2D eigenvalue weighted by molar-refractivity contribution is 0.0525. The van der Waals surface area contributed by atoms with Crippen LogP contribution in [0.2, 0.25) is 10.0 Å². The molecule has 4 aromatic heterocycles. The van der Waals surface area contributed by atoms with Crippen LogP contribution in [0.25, 0.3) is 21.8 Å². The van der Waals surface area contributed by atoms with Crippen LogP contribution < -0.4 is 0 Å². The summed E-state index contributed by atoms with van der Waals surface area (Å²) in [5.74, 6) is -1.31. The highest BCUT2D eigenvalue weighted by atomic mass is 35.5. The summed E-state index contributed by atoms with van der Waals surface area (Å²) in [4.78, 5) is 31.4. The number of halogens is 2. The molecule has 6 aromatic rings. The lowest BCUT2D eigenvalue weighted by atomic mass is 10.1. The maximum atomic E-state index is 11.8. The number of hydrogen-bond acceptors (Lipinski definition) is 7. The van der Waals surface area contributed by atoms with Gasteiger partial charge in [0, 0.05) is 35.6 Å². The van der Waals surface area contributed by atoms with Crippen LogP contribution in [0.15, 0.2) is 73.3 Å². The van der Waals surface area contributed by atoms with E-state index in [-0.39, 0.29) is 11.5 Å². The van der Waals surface area contributed by atoms with Gasteiger partial charge in [-0.05, 0) is 68.3 Å². The van der Waals surface area contributed by atoms with Crippen molar-refractivity contribution < 1.29 is 19.4 Å². The second-order valence-electron chi connectivity index (χ2n) is 10.0. The van der Waals surface area contributed by atoms with E-state index in [1.54, 1.807) is 48.7 Å². The van der Waals surface area contributed by atoms with Gasteiger partial charge < -0.3 is 9.84 Å². The van der Waals surface area contributed by atoms with E-state index in [2.05, 4.69) is 20.2 Å². The fourth-order valence-electron chi connectivity index (χ4n) is 4.70. The smallest absolute Gasteiger partial charge is 0.341 e. The molecule has 12 heteroatoms. The molecule has 224 valence electrons. The Morgan fingerprint density at radius 3 is 1.70 bits per heavy atom. The van der Waals surface area contributed by atoms with Crippen LogP contribution in [0.5, 0.6) is 0 Å². The molecule has 0 aliphatic carbocycles. The summed E-state index contributed by atoms with van der Waals surface area (Å²) in [6.07, 6.45) is 6.50. The van der Waals surface area contributed by atoms with Crippen molar-refractivity contribution in [2.24, 2.45) is 0 Å². The normalized spacial score (nSPS) is 10.9. The molecule has 1 N–H and O–H groups in total. The van der Waals surface area contributed by atoms with E-state index < -0.39 is 5.97 Å². The number of carbonyl (C=O) groups is 2. The Hall–Kier alpha value is -4.80. The largest absolute Gasteiger partial charge is 0.478 e. The molecule has 44 heavy (non-hydrogen) atoms. The molecule has 0 atom stereocenters. The maximum Gasteiger partial charge on any atom is 0.341 e. The molecule has 0 amide bonds. The minimum atomic E-state index is -0.965. The third-order valence-corrected chi connectivity index (χ3v) is 7.15. The zero-order valence-corrected chi connectivity index (χ0v) is 25.7. The molecule has 0 bridgehead atoms. The fourth-order valence-corrected chi connectivity index (χ4v) is 5.03. The number of nitrogens with zero attached hydrogens (tertiary/aromatic N) is 6. The second kappa shape index (κ2) is 13.2. The van der Waals surface area contributed by atoms with Crippen LogP contribution in [0.4, 0.5) is 0 Å². The maximum absolute atomic E-state index is 11.8. The van der Waals surface area contributed by atoms with Crippen molar-refractivity contribution in [1.29, 1.82) is 0 Å². The van der Waals surface area contributed by atoms with Crippen LogP contribution >= 0.6 is 23.2 Å². The lowest BCUT2D eigenvalue weighted by Crippen LogP contribution is -2.05. The van der Waals surface area contributed by atoms with Crippen molar-refractivity contribution in [2.45, 2.75) is 33.9 Å². The number of carboxylic acid groups (broad SMARTS) is 1. The zero-order chi connectivity index (χ0) is 31.4. The molecule has 0 spiro atoms. The van der Waals surface area contributed by atoms with Crippen molar-refractivity contribution in [3.05, 3.63) is 117 Å². The Kier molecular flexibility index (Phi) is 9.22. The molecule has 0 aliphatic rings. The number of carboxylic acids is 1. The predicted octanol–water partition coefficient (Wildman–Crippen LogP) is 6.76. The lowest BCUT2D eigenvalue weighted by Gasteiger charge is -2.04. The molecule has 0 radical (unpaired) electrons. The van der Waals surface area contributed by atoms with Gasteiger partial charge in [-0.1, -0.05) is 35.3 Å². The van der Waals surface area contributed by atoms with Gasteiger partial charge >= 0.3 is 11.9 Å². The van der Waals surface area contributed by atoms with Crippen LogP contribution in [-0.2, 0) is 17.8 Å². The summed E-state index contributed by atoms with van der Waals surface area (Å²) >= 11 is 11.9. The highest BCUT2D eigenvalue weighted by molar-refractivity contribution is 6.31. The average Bonchev–Trinajstić information content (AvgIpc) is 3.54. The Morgan fingerprint density at radius 2 is 1.25 bits per heavy atom. The number of aryl methyl sites for hydroxylation is 2. The van der Waals surface area contributed by atoms with Crippen LogP contribution in [0, 0.1) is 13.8 Å². The first-order valence-corrected chi connectivity index (χ1v) is 14.4. The molecule has 10 nitrogen and oxygen atoms in total. The number of rotatable bonds is 7. The van der Waals surface area contributed by atoms with E-state index in [1.165, 1.54) is 6.20 Å². The summed E-state index contributed by atoms with van der Waals surface area (Å²) in [5, 5.41) is 20.8. The zero-order valence-electron chi connectivity index (χ0n) is 24.2. The Bertz CT molecular complexity index is 2000. The summed E-state index contributed by atoms with van der Waals surface area (Å²) in [6.45, 7) is 6.67. The number of benzene rings is 2. The molecule has 0 aliphatic heterocycles. The number of pyridine rings is 2. The minimum absolute atomic E-state index is 0.223. The SMILES string of the molecule is CCOC(=O)c1cn(Cc2ccc3ncc(Cl)cc3c2)nc1C.Cc1nn(Cc2ccc3ncc(Cl)cc3c2)cc1C(=O)O. The van der Waals surface area contributed by atoms with Crippen molar-refractivity contribution in [3.63, 3.8) is 0 Å². The number of fused-ring (bicyclic) bond motifs is 2. The standard InChI is InChI=1S/C17H16ClN3O2.C15H12ClN3O2/c1-3-23-17(22)15-10-21(20-11(15)2)9-12-4-5-16-13(6-12)7-14(18)8-19-16;1-9-13(15(20)21)8-19(18-9)7-10-2-3-14-11(4-10)5-12(16)6-17-14/h4-8,10H,3,9H2,1-2H3;2-6,8H,7H2,1H3,(H,20,21). The monoisotopic (exact) mass is 630 g/mol. The fraction of sp³-hybridized carbons (Fsp3) is 0.188. The minimum Gasteiger partial charge on any atom is -0.478 e. The average molecular weight is 632 g/mol. The van der Waals surface area contributed by atoms with E-state index in [1.807, 2.05) is 48.5 Å². The molecule has 4 heterocycles. The van der Waals surface area contributed by atoms with E-state index in [4.69, 9.17) is 33.0 Å². The summed E-state index contributed by atoms with van der Waals surface area (Å²) in [6, 6.07) is 15.5. The van der Waals surface area contributed by atoms with Gasteiger partial charge in [0.2, 0.25) is 0 Å². The first kappa shape index (κ1) is 30.7. The van der Waals surface area contributed by atoms with Gasteiger partial charge in [0.15, 0.2) is 0 Å². The van der Waals surface area contributed by atoms with Gasteiger partial charge in [-0.15, -0.1) is 0 Å². The number of esters is 1. The number of ether oxygens (including phenoxy) is 1. The van der Waals surface area contributed by atoms with Gasteiger partial charge in [0.05, 0.1) is 52.2 Å². The molecule has 2 aromatic carbocycles. The van der Waals surface area contributed by atoms with Crippen LogP contribution in [-0.4, -0.2) is 53.2 Å². The number of aromatic carboxylic acids is 1. The van der Waals surface area contributed by atoms with E-state index in [9.17, 15) is 9.59 Å². The summed E-state index contributed by atoms with van der Waals surface area (Å²) in [5.41, 5.74) is 5.71. The van der Waals surface area contributed by atoms with Crippen LogP contribution in [0.3, 0.4) is 0 Å². The molecular formula is C32H28Cl2N6O4. The van der Waals surface area contributed by atoms with Gasteiger partial charge in [0.1, 0.15) is 11.1 Å². The highest BCUT2D eigenvalue weighted by Crippen LogP contribution is 2.20. The summed E-state index contributed by atoms with van der Waals surface area (Å²) < 4.78 is 8.39. The molecule has 6 rings (SSSR count). The molecule has 0 unspecified atom stereocenters. The van der Waals surface area contributed by atoms with Crippen molar-refractivity contribution in [2.75, 3.05) is 6.61 Å². The molecular weight excluding hydrogens is 603 g/mol. The van der Waals surface area contributed by atoms with Gasteiger partial charge in [-0.2, -0.15) is 10.2 Å². The van der Waals surface area contributed by atoms with Gasteiger partial charge in [-0.3, -0.25) is 19.3 Å². The topological polar surface area (TPSA) is 125 Å². The third kappa shape index (κ3) is 7.21. The quantitative estimate of drug-likeness (QED) is 0.192. The Labute approximate surface area is 262 Å². The molecule has 0 saturated carbocycles. The first-order chi connectivity index (χ1) is 21.1. The number of aromatic nitrogens is 6. The van der Waals surface area contributed by atoms with Gasteiger partial charge in [-0.25, -0.2) is 9.59 Å². The third-order valence-electron chi connectivity index (χ3n) is 6.73. The van der Waals surface area contributed by atoms with Crippen molar-refractivity contribution >= 4 is 56.9 Å². The Morgan fingerprint density at radius 1 is 0.773 bits per heavy atom. The number of carbonyl (C=O) groups excluding carboxylic acids is 1. The van der Waals surface area contributed by atoms with E-state index in [0.717, 1.165) is 32.9 Å². The van der Waals surface area contributed by atoms with Crippen molar-refractivity contribution in [3.8, 4) is 0 Å². The summed E-state index contributed by atoms with van der Waals surface area (Å²) in [7, 11) is 0.